The Morgan fingerprint density at radius 2 is 2.00 bits per heavy atom. The number of hydrogen-bond acceptors (Lipinski definition) is 3. The van der Waals surface area contributed by atoms with Gasteiger partial charge in [-0.3, -0.25) is 9.59 Å². The molecule has 6 heteroatoms. The molecule has 1 N–H and O–H groups in total. The molecule has 1 aliphatic rings. The maximum Gasteiger partial charge on any atom is 0.278 e. The Bertz CT molecular complexity index is 540. The third-order valence-electron chi connectivity index (χ3n) is 3.82. The average molecular weight is 306 g/mol. The quantitative estimate of drug-likeness (QED) is 0.842. The number of methoxy groups -OCH3 is 1. The van der Waals surface area contributed by atoms with Crippen molar-refractivity contribution in [2.45, 2.75) is 6.42 Å². The summed E-state index contributed by atoms with van der Waals surface area (Å²) in [6.07, 6.45) is 0.911. The maximum atomic E-state index is 12.2. The second-order valence-corrected chi connectivity index (χ2v) is 6.26. The molecule has 1 aromatic rings. The fourth-order valence-corrected chi connectivity index (χ4v) is 2.57. The van der Waals surface area contributed by atoms with Crippen molar-refractivity contribution < 1.29 is 18.8 Å². The zero-order valence-corrected chi connectivity index (χ0v) is 13.5. The number of carbonyl (C=O) groups is 2. The molecule has 1 aliphatic heterocycles. The molecule has 2 rings (SSSR count). The van der Waals surface area contributed by atoms with Gasteiger partial charge in [-0.15, -0.1) is 0 Å². The van der Waals surface area contributed by atoms with Gasteiger partial charge in [0.05, 0.1) is 27.7 Å². The number of quaternary nitrogens is 1. The van der Waals surface area contributed by atoms with Gasteiger partial charge in [-0.05, 0) is 24.3 Å². The minimum atomic E-state index is -0.175. The van der Waals surface area contributed by atoms with Crippen LogP contribution in [0, 0.1) is 0 Å². The van der Waals surface area contributed by atoms with E-state index in [0.29, 0.717) is 23.3 Å². The van der Waals surface area contributed by atoms with Crippen LogP contribution < -0.4 is 10.1 Å². The van der Waals surface area contributed by atoms with Crippen LogP contribution in [-0.2, 0) is 9.59 Å². The van der Waals surface area contributed by atoms with Crippen LogP contribution in [0.3, 0.4) is 0 Å². The number of ether oxygens (including phenoxy) is 1. The van der Waals surface area contributed by atoms with Crippen LogP contribution in [0.5, 0.6) is 5.75 Å². The molecule has 1 heterocycles. The predicted molar refractivity (Wildman–Crippen MR) is 84.7 cm³/mol. The van der Waals surface area contributed by atoms with E-state index in [0.717, 1.165) is 18.7 Å². The molecule has 0 aliphatic carbocycles. The first-order valence-electron chi connectivity index (χ1n) is 7.43. The van der Waals surface area contributed by atoms with Crippen molar-refractivity contribution >= 4 is 17.5 Å². The van der Waals surface area contributed by atoms with Gasteiger partial charge in [0.15, 0.2) is 6.54 Å². The number of nitrogens with zero attached hydrogens (tertiary/aromatic N) is 2. The Morgan fingerprint density at radius 3 is 2.64 bits per heavy atom. The highest BCUT2D eigenvalue weighted by Crippen LogP contribution is 2.15. The summed E-state index contributed by atoms with van der Waals surface area (Å²) < 4.78 is 5.75. The smallest absolute Gasteiger partial charge is 0.278 e. The van der Waals surface area contributed by atoms with E-state index in [4.69, 9.17) is 4.74 Å². The van der Waals surface area contributed by atoms with Crippen molar-refractivity contribution in [1.82, 2.24) is 4.90 Å². The first-order chi connectivity index (χ1) is 10.4. The lowest BCUT2D eigenvalue weighted by molar-refractivity contribution is -0.881. The van der Waals surface area contributed by atoms with Gasteiger partial charge in [-0.1, -0.05) is 0 Å². The molecule has 22 heavy (non-hydrogen) atoms. The number of amides is 2. The molecule has 0 unspecified atom stereocenters. The highest BCUT2D eigenvalue weighted by molar-refractivity contribution is 5.94. The Kier molecular flexibility index (Phi) is 5.03. The lowest BCUT2D eigenvalue weighted by Gasteiger charge is -2.26. The number of rotatable bonds is 4. The normalized spacial score (nSPS) is 17.8. The summed E-state index contributed by atoms with van der Waals surface area (Å²) in [6.45, 7) is 2.12. The van der Waals surface area contributed by atoms with E-state index in [1.807, 2.05) is 14.1 Å². The summed E-state index contributed by atoms with van der Waals surface area (Å²) in [6, 6.07) is 7.13. The standard InChI is InChI=1S/C16H23N3O3/c1-19(2)10-4-9-18(16(21)12-19)11-15(20)17-13-5-7-14(22-3)8-6-13/h5-8H,4,9-12H2,1-3H3/p+1. The Morgan fingerprint density at radius 1 is 1.32 bits per heavy atom. The number of hydrogen-bond donors (Lipinski definition) is 1. The van der Waals surface area contributed by atoms with Crippen molar-refractivity contribution in [3.05, 3.63) is 24.3 Å². The number of carbonyl (C=O) groups excluding carboxylic acids is 2. The highest BCUT2D eigenvalue weighted by atomic mass is 16.5. The zero-order valence-electron chi connectivity index (χ0n) is 13.5. The summed E-state index contributed by atoms with van der Waals surface area (Å²) in [5.41, 5.74) is 0.698. The number of anilines is 1. The van der Waals surface area contributed by atoms with E-state index in [-0.39, 0.29) is 18.4 Å². The Labute approximate surface area is 131 Å². The van der Waals surface area contributed by atoms with E-state index >= 15 is 0 Å². The van der Waals surface area contributed by atoms with Crippen LogP contribution >= 0.6 is 0 Å². The zero-order chi connectivity index (χ0) is 16.2. The van der Waals surface area contributed by atoms with Crippen molar-refractivity contribution in [2.24, 2.45) is 0 Å². The first-order valence-corrected chi connectivity index (χ1v) is 7.43. The predicted octanol–water partition coefficient (Wildman–Crippen LogP) is 0.942. The van der Waals surface area contributed by atoms with E-state index < -0.39 is 0 Å². The lowest BCUT2D eigenvalue weighted by atomic mass is 10.3. The molecule has 0 bridgehead atoms. The molecule has 0 saturated carbocycles. The molecule has 1 aromatic carbocycles. The van der Waals surface area contributed by atoms with Crippen molar-refractivity contribution in [1.29, 1.82) is 0 Å². The second kappa shape index (κ2) is 6.79. The fraction of sp³-hybridized carbons (Fsp3) is 0.500. The van der Waals surface area contributed by atoms with Crippen LogP contribution in [0.4, 0.5) is 5.69 Å². The van der Waals surface area contributed by atoms with Crippen LogP contribution in [0.1, 0.15) is 6.42 Å². The summed E-state index contributed by atoms with van der Waals surface area (Å²) in [4.78, 5) is 26.0. The molecule has 1 saturated heterocycles. The maximum absolute atomic E-state index is 12.2. The van der Waals surface area contributed by atoms with Gasteiger partial charge >= 0.3 is 0 Å². The molecule has 0 radical (unpaired) electrons. The van der Waals surface area contributed by atoms with Gasteiger partial charge in [-0.2, -0.15) is 0 Å². The molecule has 0 spiro atoms. The number of benzene rings is 1. The molecule has 120 valence electrons. The summed E-state index contributed by atoms with van der Waals surface area (Å²) >= 11 is 0. The lowest BCUT2D eigenvalue weighted by Crippen LogP contribution is -2.46. The van der Waals surface area contributed by atoms with E-state index in [2.05, 4.69) is 5.32 Å². The van der Waals surface area contributed by atoms with Crippen LogP contribution in [0.15, 0.2) is 24.3 Å². The molecular formula is C16H24N3O3+. The van der Waals surface area contributed by atoms with Crippen LogP contribution in [0.2, 0.25) is 0 Å². The van der Waals surface area contributed by atoms with E-state index in [1.54, 1.807) is 36.3 Å². The third kappa shape index (κ3) is 4.46. The largest absolute Gasteiger partial charge is 0.497 e. The van der Waals surface area contributed by atoms with Gasteiger partial charge in [-0.25, -0.2) is 0 Å². The van der Waals surface area contributed by atoms with Gasteiger partial charge in [0.1, 0.15) is 12.3 Å². The molecule has 0 aromatic heterocycles. The summed E-state index contributed by atoms with van der Waals surface area (Å²) in [5.74, 6) is 0.596. The molecule has 6 nitrogen and oxygen atoms in total. The average Bonchev–Trinajstić information content (AvgIpc) is 2.58. The van der Waals surface area contributed by atoms with Gasteiger partial charge in [0, 0.05) is 18.7 Å². The number of likely N-dealkylation sites (N-methyl/N-ethyl adjacent to an activating group) is 1. The van der Waals surface area contributed by atoms with Crippen LogP contribution in [-0.4, -0.2) is 68.6 Å². The minimum Gasteiger partial charge on any atom is -0.497 e. The van der Waals surface area contributed by atoms with Crippen LogP contribution in [0.25, 0.3) is 0 Å². The number of nitrogens with one attached hydrogen (secondary N) is 1. The molecule has 1 fully saturated rings. The van der Waals surface area contributed by atoms with Crippen molar-refractivity contribution in [3.8, 4) is 5.75 Å². The second-order valence-electron chi connectivity index (χ2n) is 6.26. The summed E-state index contributed by atoms with van der Waals surface area (Å²) in [7, 11) is 5.68. The third-order valence-corrected chi connectivity index (χ3v) is 3.82. The Balaban J connectivity index is 1.91. The highest BCUT2D eigenvalue weighted by Gasteiger charge is 2.29. The SMILES string of the molecule is COc1ccc(NC(=O)CN2CCC[N+](C)(C)CC2=O)cc1. The van der Waals surface area contributed by atoms with Gasteiger partial charge < -0.3 is 19.4 Å². The molecular weight excluding hydrogens is 282 g/mol. The fourth-order valence-electron chi connectivity index (χ4n) is 2.57. The van der Waals surface area contributed by atoms with Gasteiger partial charge in [0.25, 0.3) is 5.91 Å². The van der Waals surface area contributed by atoms with Crippen molar-refractivity contribution in [3.63, 3.8) is 0 Å². The van der Waals surface area contributed by atoms with Crippen molar-refractivity contribution in [2.75, 3.05) is 52.7 Å². The van der Waals surface area contributed by atoms with Gasteiger partial charge in [0.2, 0.25) is 5.91 Å². The topological polar surface area (TPSA) is 58.6 Å². The molecule has 2 amide bonds. The molecule has 0 atom stereocenters. The first kappa shape index (κ1) is 16.3. The Hall–Kier alpha value is -2.08. The minimum absolute atomic E-state index is 0.0346. The summed E-state index contributed by atoms with van der Waals surface area (Å²) in [5, 5.41) is 2.81. The monoisotopic (exact) mass is 306 g/mol. The van der Waals surface area contributed by atoms with E-state index in [1.165, 1.54) is 0 Å². The van der Waals surface area contributed by atoms with E-state index in [9.17, 15) is 9.59 Å².